The molecule has 0 aromatic carbocycles. The summed E-state index contributed by atoms with van der Waals surface area (Å²) in [6.07, 6.45) is -0.288. The molecule has 13 heteroatoms. The van der Waals surface area contributed by atoms with Gasteiger partial charge in [-0.2, -0.15) is 24.4 Å². The molecule has 0 saturated heterocycles. The fourth-order valence-electron chi connectivity index (χ4n) is 1.64. The second-order valence-corrected chi connectivity index (χ2v) is 5.18. The van der Waals surface area contributed by atoms with Gasteiger partial charge in [0.2, 0.25) is 11.8 Å². The molecule has 3 amide bonds. The van der Waals surface area contributed by atoms with E-state index in [2.05, 4.69) is 39.4 Å². The van der Waals surface area contributed by atoms with Gasteiger partial charge in [-0.1, -0.05) is 0 Å². The zero-order valence-corrected chi connectivity index (χ0v) is 14.4. The maximum absolute atomic E-state index is 12.3. The molecule has 25 heavy (non-hydrogen) atoms. The van der Waals surface area contributed by atoms with Crippen LogP contribution in [0.4, 0.5) is 0 Å². The Kier molecular flexibility index (Phi) is 10.3. The van der Waals surface area contributed by atoms with Crippen molar-refractivity contribution in [2.75, 3.05) is 12.3 Å². The van der Waals surface area contributed by atoms with Crippen LogP contribution < -0.4 is 22.8 Å². The third kappa shape index (κ3) is 7.93. The topological polar surface area (TPSA) is 197 Å². The van der Waals surface area contributed by atoms with Gasteiger partial charge in [-0.05, 0) is 6.42 Å². The molecule has 0 saturated carbocycles. The summed E-state index contributed by atoms with van der Waals surface area (Å²) in [5.74, 6) is 5.04. The van der Waals surface area contributed by atoms with Crippen molar-refractivity contribution in [1.29, 1.82) is 0 Å². The largest absolute Gasteiger partial charge is 0.372 e. The van der Waals surface area contributed by atoms with Gasteiger partial charge < -0.3 is 20.7 Å². The molecule has 0 radical (unpaired) electrons. The third-order valence-corrected chi connectivity index (χ3v) is 3.35. The highest BCUT2D eigenvalue weighted by Gasteiger charge is 2.29. The monoisotopic (exact) mass is 379 g/mol. The van der Waals surface area contributed by atoms with E-state index in [0.717, 1.165) is 6.92 Å². The number of nitrogens with zero attached hydrogens (tertiary/aromatic N) is 1. The summed E-state index contributed by atoms with van der Waals surface area (Å²) in [7, 11) is 0. The van der Waals surface area contributed by atoms with E-state index in [1.807, 2.05) is 0 Å². The van der Waals surface area contributed by atoms with E-state index in [1.54, 1.807) is 0 Å². The van der Waals surface area contributed by atoms with Crippen molar-refractivity contribution in [3.8, 4) is 0 Å². The van der Waals surface area contributed by atoms with E-state index in [9.17, 15) is 24.0 Å². The second-order valence-electron chi connectivity index (χ2n) is 4.82. The highest BCUT2D eigenvalue weighted by molar-refractivity contribution is 7.80. The van der Waals surface area contributed by atoms with Crippen LogP contribution in [-0.4, -0.2) is 58.9 Å². The van der Waals surface area contributed by atoms with Crippen LogP contribution in [0.3, 0.4) is 0 Å². The maximum atomic E-state index is 12.3. The normalized spacial score (nSPS) is 12.5. The molecule has 2 unspecified atom stereocenters. The van der Waals surface area contributed by atoms with E-state index in [-0.39, 0.29) is 18.6 Å². The SMILES string of the molecule is CC(=O)N(CC(=O)ON)C(=O)C(CS)NC(=O)CCC(N)C(=O)ON. The van der Waals surface area contributed by atoms with E-state index in [1.165, 1.54) is 0 Å². The van der Waals surface area contributed by atoms with Gasteiger partial charge in [0.25, 0.3) is 5.91 Å². The van der Waals surface area contributed by atoms with Crippen LogP contribution in [0.15, 0.2) is 0 Å². The van der Waals surface area contributed by atoms with Crippen LogP contribution in [0.2, 0.25) is 0 Å². The van der Waals surface area contributed by atoms with Gasteiger partial charge in [0, 0.05) is 19.1 Å². The second kappa shape index (κ2) is 11.4. The van der Waals surface area contributed by atoms with Gasteiger partial charge in [-0.25, -0.2) is 9.59 Å². The van der Waals surface area contributed by atoms with Crippen LogP contribution in [0.25, 0.3) is 0 Å². The number of nitrogens with two attached hydrogens (primary N) is 3. The smallest absolute Gasteiger partial charge is 0.344 e. The number of hydrogen-bond donors (Lipinski definition) is 5. The quantitative estimate of drug-likeness (QED) is 0.200. The lowest BCUT2D eigenvalue weighted by Gasteiger charge is -2.23. The number of imide groups is 1. The molecule has 0 aliphatic rings. The highest BCUT2D eigenvalue weighted by Crippen LogP contribution is 2.02. The molecule has 0 aliphatic heterocycles. The van der Waals surface area contributed by atoms with E-state index >= 15 is 0 Å². The Hall–Kier alpha value is -2.22. The standard InChI is InChI=1S/C12H21N5O7S/c1-6(18)17(4-10(20)23-14)11(21)8(5-25)16-9(19)3-2-7(13)12(22)24-15/h7-8,25H,2-5,13-15H2,1H3,(H,16,19). The number of carbonyl (C=O) groups excluding carboxylic acids is 5. The lowest BCUT2D eigenvalue weighted by Crippen LogP contribution is -2.52. The first kappa shape index (κ1) is 22.8. The zero-order chi connectivity index (χ0) is 19.6. The van der Waals surface area contributed by atoms with Crippen LogP contribution in [-0.2, 0) is 33.6 Å². The highest BCUT2D eigenvalue weighted by atomic mass is 32.1. The fraction of sp³-hybridized carbons (Fsp3) is 0.583. The average Bonchev–Trinajstić information content (AvgIpc) is 2.59. The molecular weight excluding hydrogens is 358 g/mol. The van der Waals surface area contributed by atoms with Crippen molar-refractivity contribution >= 4 is 42.3 Å². The number of carbonyl (C=O) groups is 5. The van der Waals surface area contributed by atoms with Crippen molar-refractivity contribution in [2.45, 2.75) is 31.8 Å². The minimum atomic E-state index is -1.19. The first-order valence-electron chi connectivity index (χ1n) is 6.95. The van der Waals surface area contributed by atoms with Gasteiger partial charge in [0.05, 0.1) is 0 Å². The fourth-order valence-corrected chi connectivity index (χ4v) is 1.89. The van der Waals surface area contributed by atoms with Crippen molar-refractivity contribution in [3.63, 3.8) is 0 Å². The molecule has 0 aromatic rings. The zero-order valence-electron chi connectivity index (χ0n) is 13.5. The molecule has 0 aromatic heterocycles. The van der Waals surface area contributed by atoms with Crippen LogP contribution >= 0.6 is 12.6 Å². The van der Waals surface area contributed by atoms with E-state index < -0.39 is 48.3 Å². The van der Waals surface area contributed by atoms with Gasteiger partial charge in [0.1, 0.15) is 18.6 Å². The number of amides is 3. The van der Waals surface area contributed by atoms with Gasteiger partial charge in [-0.3, -0.25) is 19.3 Å². The summed E-state index contributed by atoms with van der Waals surface area (Å²) in [5.41, 5.74) is 5.42. The Morgan fingerprint density at radius 1 is 1.16 bits per heavy atom. The van der Waals surface area contributed by atoms with Crippen molar-refractivity contribution < 1.29 is 33.6 Å². The summed E-state index contributed by atoms with van der Waals surface area (Å²) < 4.78 is 0. The molecule has 2 atom stereocenters. The maximum Gasteiger partial charge on any atom is 0.344 e. The predicted octanol–water partition coefficient (Wildman–Crippen LogP) is -3.28. The average molecular weight is 379 g/mol. The molecule has 7 N–H and O–H groups in total. The summed E-state index contributed by atoms with van der Waals surface area (Å²) >= 11 is 3.93. The lowest BCUT2D eigenvalue weighted by atomic mass is 10.1. The first-order chi connectivity index (χ1) is 11.7. The number of hydrogen-bond acceptors (Lipinski definition) is 11. The van der Waals surface area contributed by atoms with Gasteiger partial charge in [0.15, 0.2) is 0 Å². The van der Waals surface area contributed by atoms with Gasteiger partial charge >= 0.3 is 11.9 Å². The third-order valence-electron chi connectivity index (χ3n) is 2.98. The van der Waals surface area contributed by atoms with Crippen molar-refractivity contribution in [3.05, 3.63) is 0 Å². The summed E-state index contributed by atoms with van der Waals surface area (Å²) in [6.45, 7) is 0.342. The molecule has 0 heterocycles. The molecule has 0 rings (SSSR count). The first-order valence-corrected chi connectivity index (χ1v) is 7.59. The predicted molar refractivity (Wildman–Crippen MR) is 85.9 cm³/mol. The number of rotatable bonds is 9. The molecule has 0 bridgehead atoms. The summed E-state index contributed by atoms with van der Waals surface area (Å²) in [5, 5.41) is 2.32. The van der Waals surface area contributed by atoms with Crippen LogP contribution in [0.1, 0.15) is 19.8 Å². The minimum Gasteiger partial charge on any atom is -0.372 e. The molecule has 0 spiro atoms. The summed E-state index contributed by atoms with van der Waals surface area (Å²) in [6, 6.07) is -2.29. The molecular formula is C12H21N5O7S. The Morgan fingerprint density at radius 3 is 2.20 bits per heavy atom. The Bertz CT molecular complexity index is 530. The Labute approximate surface area is 148 Å². The summed E-state index contributed by atoms with van der Waals surface area (Å²) in [4.78, 5) is 66.2. The molecule has 12 nitrogen and oxygen atoms in total. The van der Waals surface area contributed by atoms with E-state index in [0.29, 0.717) is 4.90 Å². The van der Waals surface area contributed by atoms with Crippen LogP contribution in [0, 0.1) is 0 Å². The Morgan fingerprint density at radius 2 is 1.76 bits per heavy atom. The number of nitrogens with one attached hydrogen (secondary N) is 1. The van der Waals surface area contributed by atoms with Crippen molar-refractivity contribution in [1.82, 2.24) is 10.2 Å². The number of thiol groups is 1. The molecule has 0 fully saturated rings. The Balaban J connectivity index is 4.80. The lowest BCUT2D eigenvalue weighted by molar-refractivity contribution is -0.156. The van der Waals surface area contributed by atoms with E-state index in [4.69, 9.17) is 5.73 Å². The van der Waals surface area contributed by atoms with Gasteiger partial charge in [-0.15, -0.1) is 0 Å². The molecule has 0 aliphatic carbocycles. The van der Waals surface area contributed by atoms with Crippen LogP contribution in [0.5, 0.6) is 0 Å². The molecule has 142 valence electrons. The minimum absolute atomic E-state index is 0.0781. The van der Waals surface area contributed by atoms with Crippen molar-refractivity contribution in [2.24, 2.45) is 17.5 Å².